The van der Waals surface area contributed by atoms with Crippen molar-refractivity contribution in [3.63, 3.8) is 0 Å². The number of hydrogen-bond donors (Lipinski definition) is 0. The Kier molecular flexibility index (Phi) is 4.74. The maximum atomic E-state index is 10.9. The Morgan fingerprint density at radius 2 is 2.18 bits per heavy atom. The Morgan fingerprint density at radius 3 is 2.71 bits per heavy atom. The summed E-state index contributed by atoms with van der Waals surface area (Å²) < 4.78 is 15.1. The van der Waals surface area contributed by atoms with Gasteiger partial charge in [-0.3, -0.25) is 9.59 Å². The zero-order chi connectivity index (χ0) is 12.8. The SMILES string of the molecule is CC(=O)OC[C@H]1OC(N=[N+]=[N-])C[C@@H]1OC(C)=O. The molecule has 17 heavy (non-hydrogen) atoms. The van der Waals surface area contributed by atoms with Crippen molar-refractivity contribution in [1.82, 2.24) is 0 Å². The lowest BCUT2D eigenvalue weighted by atomic mass is 10.2. The highest BCUT2D eigenvalue weighted by Crippen LogP contribution is 2.24. The first kappa shape index (κ1) is 13.3. The highest BCUT2D eigenvalue weighted by Gasteiger charge is 2.37. The van der Waals surface area contributed by atoms with Gasteiger partial charge in [0, 0.05) is 25.2 Å². The van der Waals surface area contributed by atoms with Crippen LogP contribution in [0.25, 0.3) is 10.4 Å². The zero-order valence-corrected chi connectivity index (χ0v) is 9.53. The number of esters is 2. The number of azide groups is 1. The van der Waals surface area contributed by atoms with Gasteiger partial charge in [0.2, 0.25) is 0 Å². The molecule has 1 aliphatic rings. The Bertz CT molecular complexity index is 353. The zero-order valence-electron chi connectivity index (χ0n) is 9.53. The highest BCUT2D eigenvalue weighted by molar-refractivity contribution is 5.66. The lowest BCUT2D eigenvalue weighted by molar-refractivity contribution is -0.154. The van der Waals surface area contributed by atoms with Gasteiger partial charge >= 0.3 is 11.9 Å². The van der Waals surface area contributed by atoms with E-state index < -0.39 is 30.4 Å². The van der Waals surface area contributed by atoms with E-state index in [-0.39, 0.29) is 13.0 Å². The summed E-state index contributed by atoms with van der Waals surface area (Å²) >= 11 is 0. The fraction of sp³-hybridized carbons (Fsp3) is 0.778. The number of nitrogens with zero attached hydrogens (tertiary/aromatic N) is 3. The Balaban J connectivity index is 2.59. The average molecular weight is 243 g/mol. The molecule has 0 bridgehead atoms. The second kappa shape index (κ2) is 6.07. The van der Waals surface area contributed by atoms with Gasteiger partial charge < -0.3 is 14.2 Å². The molecule has 0 aromatic rings. The van der Waals surface area contributed by atoms with Gasteiger partial charge in [0.1, 0.15) is 25.0 Å². The molecule has 0 aromatic carbocycles. The summed E-state index contributed by atoms with van der Waals surface area (Å²) in [4.78, 5) is 24.1. The molecule has 1 rings (SSSR count). The van der Waals surface area contributed by atoms with Crippen molar-refractivity contribution < 1.29 is 23.8 Å². The van der Waals surface area contributed by atoms with Gasteiger partial charge in [0.05, 0.1) is 0 Å². The Labute approximate surface area is 97.5 Å². The van der Waals surface area contributed by atoms with E-state index in [1.807, 2.05) is 0 Å². The maximum absolute atomic E-state index is 10.9. The van der Waals surface area contributed by atoms with E-state index in [0.717, 1.165) is 0 Å². The van der Waals surface area contributed by atoms with Crippen LogP contribution in [0.4, 0.5) is 0 Å². The number of carbonyl (C=O) groups excluding carboxylic acids is 2. The van der Waals surface area contributed by atoms with E-state index in [2.05, 4.69) is 10.0 Å². The van der Waals surface area contributed by atoms with Gasteiger partial charge in [-0.05, 0) is 5.53 Å². The fourth-order valence-electron chi connectivity index (χ4n) is 1.51. The van der Waals surface area contributed by atoms with Crippen LogP contribution in [0.1, 0.15) is 20.3 Å². The molecule has 94 valence electrons. The predicted molar refractivity (Wildman–Crippen MR) is 54.6 cm³/mol. The molecular formula is C9H13N3O5. The van der Waals surface area contributed by atoms with Crippen LogP contribution >= 0.6 is 0 Å². The van der Waals surface area contributed by atoms with Gasteiger partial charge in [-0.1, -0.05) is 5.11 Å². The highest BCUT2D eigenvalue weighted by atomic mass is 16.6. The summed E-state index contributed by atoms with van der Waals surface area (Å²) in [6.07, 6.45) is -1.61. The standard InChI is InChI=1S/C9H13N3O5/c1-5(13)15-4-8-7(16-6(2)14)3-9(17-8)11-12-10/h7-9H,3-4H2,1-2H3/t7-,8+,9?/m0/s1. The molecule has 0 radical (unpaired) electrons. The van der Waals surface area contributed by atoms with Crippen LogP contribution in [0, 0.1) is 0 Å². The van der Waals surface area contributed by atoms with Crippen LogP contribution in [0.5, 0.6) is 0 Å². The van der Waals surface area contributed by atoms with Crippen LogP contribution in [0.2, 0.25) is 0 Å². The first-order valence-electron chi connectivity index (χ1n) is 5.03. The van der Waals surface area contributed by atoms with E-state index in [4.69, 9.17) is 19.7 Å². The summed E-state index contributed by atoms with van der Waals surface area (Å²) in [6, 6.07) is 0. The first-order valence-corrected chi connectivity index (χ1v) is 5.03. The second-order valence-electron chi connectivity index (χ2n) is 3.52. The molecule has 1 aliphatic heterocycles. The van der Waals surface area contributed by atoms with Crippen LogP contribution in [0.15, 0.2) is 5.11 Å². The van der Waals surface area contributed by atoms with Crippen LogP contribution in [-0.2, 0) is 23.8 Å². The third-order valence-electron chi connectivity index (χ3n) is 2.13. The van der Waals surface area contributed by atoms with E-state index >= 15 is 0 Å². The number of rotatable bonds is 4. The minimum absolute atomic E-state index is 0.0370. The van der Waals surface area contributed by atoms with Crippen molar-refractivity contribution in [2.24, 2.45) is 5.11 Å². The smallest absolute Gasteiger partial charge is 0.302 e. The van der Waals surface area contributed by atoms with Gasteiger partial charge in [-0.25, -0.2) is 0 Å². The summed E-state index contributed by atoms with van der Waals surface area (Å²) in [7, 11) is 0. The molecule has 8 nitrogen and oxygen atoms in total. The minimum atomic E-state index is -0.704. The normalized spacial score (nSPS) is 27.1. The molecule has 8 heteroatoms. The molecule has 0 aliphatic carbocycles. The second-order valence-corrected chi connectivity index (χ2v) is 3.52. The van der Waals surface area contributed by atoms with E-state index in [1.54, 1.807) is 0 Å². The summed E-state index contributed by atoms with van der Waals surface area (Å²) in [6.45, 7) is 2.50. The third kappa shape index (κ3) is 4.29. The monoisotopic (exact) mass is 243 g/mol. The van der Waals surface area contributed by atoms with E-state index in [9.17, 15) is 9.59 Å². The van der Waals surface area contributed by atoms with Crippen molar-refractivity contribution in [3.05, 3.63) is 10.4 Å². The first-order chi connectivity index (χ1) is 8.02. The van der Waals surface area contributed by atoms with Crippen LogP contribution < -0.4 is 0 Å². The maximum Gasteiger partial charge on any atom is 0.302 e. The molecule has 3 atom stereocenters. The molecule has 0 spiro atoms. The molecule has 0 amide bonds. The molecule has 0 aromatic heterocycles. The summed E-state index contributed by atoms with van der Waals surface area (Å²) in [5.74, 6) is -0.921. The molecule has 1 fully saturated rings. The summed E-state index contributed by atoms with van der Waals surface area (Å²) in [5.41, 5.74) is 8.28. The molecule has 1 unspecified atom stereocenters. The fourth-order valence-corrected chi connectivity index (χ4v) is 1.51. The molecule has 0 N–H and O–H groups in total. The Morgan fingerprint density at radius 1 is 1.47 bits per heavy atom. The quantitative estimate of drug-likeness (QED) is 0.315. The Hall–Kier alpha value is -1.79. The van der Waals surface area contributed by atoms with Gasteiger partial charge in [0.15, 0.2) is 0 Å². The van der Waals surface area contributed by atoms with Gasteiger partial charge in [-0.15, -0.1) is 0 Å². The van der Waals surface area contributed by atoms with E-state index in [1.165, 1.54) is 13.8 Å². The van der Waals surface area contributed by atoms with Gasteiger partial charge in [0.25, 0.3) is 0 Å². The lowest BCUT2D eigenvalue weighted by Crippen LogP contribution is -2.31. The van der Waals surface area contributed by atoms with Crippen LogP contribution in [-0.4, -0.2) is 37.0 Å². The third-order valence-corrected chi connectivity index (χ3v) is 2.13. The van der Waals surface area contributed by atoms with Crippen molar-refractivity contribution in [2.45, 2.75) is 38.7 Å². The van der Waals surface area contributed by atoms with Crippen molar-refractivity contribution >= 4 is 11.9 Å². The van der Waals surface area contributed by atoms with Gasteiger partial charge in [-0.2, -0.15) is 0 Å². The predicted octanol–water partition coefficient (Wildman–Crippen LogP) is 0.906. The topological polar surface area (TPSA) is 111 Å². The minimum Gasteiger partial charge on any atom is -0.463 e. The van der Waals surface area contributed by atoms with E-state index in [0.29, 0.717) is 0 Å². The lowest BCUT2D eigenvalue weighted by Gasteiger charge is -2.17. The van der Waals surface area contributed by atoms with Crippen LogP contribution in [0.3, 0.4) is 0 Å². The number of carbonyl (C=O) groups is 2. The molecule has 0 saturated carbocycles. The van der Waals surface area contributed by atoms with Crippen molar-refractivity contribution in [1.29, 1.82) is 0 Å². The summed E-state index contributed by atoms with van der Waals surface area (Å²) in [5, 5.41) is 3.39. The molecular weight excluding hydrogens is 230 g/mol. The van der Waals surface area contributed by atoms with Crippen molar-refractivity contribution in [3.8, 4) is 0 Å². The number of hydrogen-bond acceptors (Lipinski definition) is 6. The van der Waals surface area contributed by atoms with Crippen molar-refractivity contribution in [2.75, 3.05) is 6.61 Å². The number of ether oxygens (including phenoxy) is 3. The molecule has 1 heterocycles. The largest absolute Gasteiger partial charge is 0.463 e. The molecule has 1 saturated heterocycles. The average Bonchev–Trinajstić information content (AvgIpc) is 2.57.